The molecule has 0 fully saturated rings. The van der Waals surface area contributed by atoms with Crippen LogP contribution in [0.5, 0.6) is 0 Å². The Morgan fingerprint density at radius 2 is 2.18 bits per heavy atom. The van der Waals surface area contributed by atoms with Gasteiger partial charge in [-0.25, -0.2) is 4.79 Å². The summed E-state index contributed by atoms with van der Waals surface area (Å²) < 4.78 is 5.03. The standard InChI is InChI=1S/C13H17NO3/c1-2-12(8-9-15)14-13(16)17-10-11-6-4-3-5-7-11/h2-7,12,15H,1,8-10H2,(H,14,16). The van der Waals surface area contributed by atoms with E-state index in [1.54, 1.807) is 6.08 Å². The molecule has 4 heteroatoms. The predicted molar refractivity (Wildman–Crippen MR) is 65.5 cm³/mol. The van der Waals surface area contributed by atoms with Crippen molar-refractivity contribution in [3.8, 4) is 0 Å². The quantitative estimate of drug-likeness (QED) is 0.740. The van der Waals surface area contributed by atoms with Gasteiger partial charge in [-0.2, -0.15) is 0 Å². The Morgan fingerprint density at radius 1 is 1.47 bits per heavy atom. The molecular formula is C13H17NO3. The molecule has 1 amide bonds. The highest BCUT2D eigenvalue weighted by atomic mass is 16.5. The van der Waals surface area contributed by atoms with Crippen LogP contribution in [0.15, 0.2) is 43.0 Å². The van der Waals surface area contributed by atoms with Gasteiger partial charge in [0.05, 0.1) is 6.04 Å². The van der Waals surface area contributed by atoms with Crippen molar-refractivity contribution in [2.75, 3.05) is 6.61 Å². The average Bonchev–Trinajstić information content (AvgIpc) is 2.37. The van der Waals surface area contributed by atoms with Crippen molar-refractivity contribution in [2.24, 2.45) is 0 Å². The summed E-state index contributed by atoms with van der Waals surface area (Å²) in [7, 11) is 0. The third kappa shape index (κ3) is 5.17. The fourth-order valence-electron chi connectivity index (χ4n) is 1.30. The van der Waals surface area contributed by atoms with Crippen LogP contribution in [0.2, 0.25) is 0 Å². The van der Waals surface area contributed by atoms with E-state index in [2.05, 4.69) is 11.9 Å². The van der Waals surface area contributed by atoms with Gasteiger partial charge in [0.25, 0.3) is 0 Å². The molecule has 1 atom stereocenters. The number of benzene rings is 1. The first-order valence-corrected chi connectivity index (χ1v) is 5.47. The minimum atomic E-state index is -0.507. The Kier molecular flexibility index (Phi) is 5.82. The fraction of sp³-hybridized carbons (Fsp3) is 0.308. The zero-order chi connectivity index (χ0) is 12.5. The molecule has 0 aliphatic carbocycles. The van der Waals surface area contributed by atoms with Gasteiger partial charge < -0.3 is 15.2 Å². The summed E-state index contributed by atoms with van der Waals surface area (Å²) in [5.41, 5.74) is 0.931. The van der Waals surface area contributed by atoms with Crippen molar-refractivity contribution in [1.82, 2.24) is 5.32 Å². The molecule has 0 aliphatic heterocycles. The monoisotopic (exact) mass is 235 g/mol. The Balaban J connectivity index is 2.32. The molecule has 1 rings (SSSR count). The summed E-state index contributed by atoms with van der Waals surface area (Å²) in [6, 6.07) is 9.17. The Bertz CT molecular complexity index is 351. The summed E-state index contributed by atoms with van der Waals surface area (Å²) in [6.45, 7) is 3.80. The topological polar surface area (TPSA) is 58.6 Å². The molecule has 0 saturated heterocycles. The first-order chi connectivity index (χ1) is 8.26. The van der Waals surface area contributed by atoms with Gasteiger partial charge in [-0.3, -0.25) is 0 Å². The molecule has 4 nitrogen and oxygen atoms in total. The number of hydrogen-bond donors (Lipinski definition) is 2. The second-order valence-electron chi connectivity index (χ2n) is 3.56. The van der Waals surface area contributed by atoms with E-state index in [1.165, 1.54) is 0 Å². The highest BCUT2D eigenvalue weighted by Crippen LogP contribution is 2.01. The van der Waals surface area contributed by atoms with E-state index >= 15 is 0 Å². The van der Waals surface area contributed by atoms with Gasteiger partial charge in [-0.1, -0.05) is 36.4 Å². The number of carbonyl (C=O) groups excluding carboxylic acids is 1. The fourth-order valence-corrected chi connectivity index (χ4v) is 1.30. The van der Waals surface area contributed by atoms with Crippen LogP contribution in [0.25, 0.3) is 0 Å². The van der Waals surface area contributed by atoms with E-state index in [9.17, 15) is 4.79 Å². The minimum Gasteiger partial charge on any atom is -0.445 e. The van der Waals surface area contributed by atoms with E-state index in [1.807, 2.05) is 30.3 Å². The van der Waals surface area contributed by atoms with Crippen molar-refractivity contribution in [2.45, 2.75) is 19.1 Å². The largest absolute Gasteiger partial charge is 0.445 e. The predicted octanol–water partition coefficient (Wildman–Crippen LogP) is 1.85. The summed E-state index contributed by atoms with van der Waals surface area (Å²) in [5.74, 6) is 0. The minimum absolute atomic E-state index is 0.00431. The lowest BCUT2D eigenvalue weighted by molar-refractivity contribution is 0.136. The smallest absolute Gasteiger partial charge is 0.407 e. The molecule has 0 bridgehead atoms. The molecule has 1 unspecified atom stereocenters. The number of aliphatic hydroxyl groups excluding tert-OH is 1. The summed E-state index contributed by atoms with van der Waals surface area (Å²) in [5, 5.41) is 11.3. The second-order valence-corrected chi connectivity index (χ2v) is 3.56. The van der Waals surface area contributed by atoms with Gasteiger partial charge >= 0.3 is 6.09 Å². The van der Waals surface area contributed by atoms with Crippen molar-refractivity contribution in [3.05, 3.63) is 48.6 Å². The highest BCUT2D eigenvalue weighted by Gasteiger charge is 2.08. The highest BCUT2D eigenvalue weighted by molar-refractivity contribution is 5.67. The van der Waals surface area contributed by atoms with Crippen molar-refractivity contribution in [3.63, 3.8) is 0 Å². The molecule has 1 aromatic rings. The zero-order valence-corrected chi connectivity index (χ0v) is 9.63. The van der Waals surface area contributed by atoms with Gasteiger partial charge in [-0.15, -0.1) is 6.58 Å². The van der Waals surface area contributed by atoms with E-state index in [0.717, 1.165) is 5.56 Å². The number of aliphatic hydroxyl groups is 1. The molecule has 92 valence electrons. The first-order valence-electron chi connectivity index (χ1n) is 5.47. The lowest BCUT2D eigenvalue weighted by atomic mass is 10.2. The van der Waals surface area contributed by atoms with Crippen LogP contribution in [0.4, 0.5) is 4.79 Å². The van der Waals surface area contributed by atoms with Gasteiger partial charge in [0.2, 0.25) is 0 Å². The van der Waals surface area contributed by atoms with Crippen LogP contribution < -0.4 is 5.32 Å². The molecule has 0 heterocycles. The van der Waals surface area contributed by atoms with Crippen molar-refractivity contribution < 1.29 is 14.6 Å². The average molecular weight is 235 g/mol. The third-order valence-corrected chi connectivity index (χ3v) is 2.24. The second kappa shape index (κ2) is 7.46. The molecule has 0 saturated carbocycles. The third-order valence-electron chi connectivity index (χ3n) is 2.24. The lowest BCUT2D eigenvalue weighted by Gasteiger charge is -2.13. The van der Waals surface area contributed by atoms with Crippen molar-refractivity contribution >= 4 is 6.09 Å². The molecule has 0 radical (unpaired) electrons. The normalized spacial score (nSPS) is 11.6. The van der Waals surface area contributed by atoms with Crippen LogP contribution >= 0.6 is 0 Å². The van der Waals surface area contributed by atoms with E-state index < -0.39 is 6.09 Å². The Morgan fingerprint density at radius 3 is 2.76 bits per heavy atom. The van der Waals surface area contributed by atoms with Gasteiger partial charge in [0.15, 0.2) is 0 Å². The summed E-state index contributed by atoms with van der Waals surface area (Å²) in [6.07, 6.45) is 1.50. The molecule has 0 aliphatic rings. The van der Waals surface area contributed by atoms with Crippen molar-refractivity contribution in [1.29, 1.82) is 0 Å². The molecule has 2 N–H and O–H groups in total. The number of carbonyl (C=O) groups is 1. The SMILES string of the molecule is C=CC(CCO)NC(=O)OCc1ccccc1. The van der Waals surface area contributed by atoms with Crippen LogP contribution in [-0.4, -0.2) is 23.8 Å². The lowest BCUT2D eigenvalue weighted by Crippen LogP contribution is -2.34. The van der Waals surface area contributed by atoms with Crippen LogP contribution in [0, 0.1) is 0 Å². The molecular weight excluding hydrogens is 218 g/mol. The molecule has 17 heavy (non-hydrogen) atoms. The van der Waals surface area contributed by atoms with E-state index in [0.29, 0.717) is 6.42 Å². The number of alkyl carbamates (subject to hydrolysis) is 1. The maximum atomic E-state index is 11.4. The number of ether oxygens (including phenoxy) is 1. The van der Waals surface area contributed by atoms with Gasteiger partial charge in [-0.05, 0) is 12.0 Å². The van der Waals surface area contributed by atoms with Gasteiger partial charge in [0, 0.05) is 6.61 Å². The molecule has 1 aromatic carbocycles. The summed E-state index contributed by atoms with van der Waals surface area (Å²) in [4.78, 5) is 11.4. The number of hydrogen-bond acceptors (Lipinski definition) is 3. The number of amides is 1. The first kappa shape index (κ1) is 13.3. The van der Waals surface area contributed by atoms with Crippen LogP contribution in [-0.2, 0) is 11.3 Å². The molecule has 0 aromatic heterocycles. The number of nitrogens with one attached hydrogen (secondary N) is 1. The van der Waals surface area contributed by atoms with Gasteiger partial charge in [0.1, 0.15) is 6.61 Å². The van der Waals surface area contributed by atoms with Crippen LogP contribution in [0.1, 0.15) is 12.0 Å². The Hall–Kier alpha value is -1.81. The van der Waals surface area contributed by atoms with E-state index in [-0.39, 0.29) is 19.3 Å². The van der Waals surface area contributed by atoms with Crippen LogP contribution in [0.3, 0.4) is 0 Å². The summed E-state index contributed by atoms with van der Waals surface area (Å²) >= 11 is 0. The Labute approximate surface area is 101 Å². The maximum absolute atomic E-state index is 11.4. The molecule has 0 spiro atoms. The maximum Gasteiger partial charge on any atom is 0.407 e. The van der Waals surface area contributed by atoms with E-state index in [4.69, 9.17) is 9.84 Å². The zero-order valence-electron chi connectivity index (χ0n) is 9.63. The number of rotatable bonds is 6.